The first-order valence-corrected chi connectivity index (χ1v) is 6.50. The van der Waals surface area contributed by atoms with Gasteiger partial charge in [-0.05, 0) is 24.1 Å². The molecule has 0 aliphatic carbocycles. The van der Waals surface area contributed by atoms with Crippen LogP contribution in [0.25, 0.3) is 11.0 Å². The Bertz CT molecular complexity index is 728. The van der Waals surface area contributed by atoms with Crippen molar-refractivity contribution < 1.29 is 0 Å². The van der Waals surface area contributed by atoms with Crippen LogP contribution >= 0.6 is 11.6 Å². The van der Waals surface area contributed by atoms with Gasteiger partial charge < -0.3 is 5.73 Å². The lowest BCUT2D eigenvalue weighted by atomic mass is 10.2. The molecule has 1 aromatic carbocycles. The molecule has 3 N–H and O–H groups in total. The van der Waals surface area contributed by atoms with Gasteiger partial charge in [-0.1, -0.05) is 30.7 Å². The van der Waals surface area contributed by atoms with Gasteiger partial charge in [0, 0.05) is 5.02 Å². The minimum absolute atomic E-state index is 0.573. The SMILES string of the molecule is CCc1nn(Cc2cccc(Cl)c2)c2n[nH]c(N)c12. The van der Waals surface area contributed by atoms with E-state index in [1.807, 2.05) is 28.9 Å². The lowest BCUT2D eigenvalue weighted by molar-refractivity contribution is 0.685. The monoisotopic (exact) mass is 275 g/mol. The lowest BCUT2D eigenvalue weighted by Gasteiger charge is -2.02. The summed E-state index contributed by atoms with van der Waals surface area (Å²) in [5.41, 5.74) is 8.72. The van der Waals surface area contributed by atoms with Gasteiger partial charge in [-0.2, -0.15) is 10.2 Å². The molecule has 3 rings (SSSR count). The molecular weight excluding hydrogens is 262 g/mol. The van der Waals surface area contributed by atoms with E-state index in [1.165, 1.54) is 0 Å². The average molecular weight is 276 g/mol. The van der Waals surface area contributed by atoms with Crippen molar-refractivity contribution >= 4 is 28.5 Å². The Morgan fingerprint density at radius 3 is 3.00 bits per heavy atom. The number of halogens is 1. The van der Waals surface area contributed by atoms with E-state index in [2.05, 4.69) is 22.2 Å². The van der Waals surface area contributed by atoms with E-state index in [0.29, 0.717) is 12.4 Å². The standard InChI is InChI=1S/C13H14ClN5/c1-2-10-11-12(15)16-17-13(11)19(18-10)7-8-4-3-5-9(14)6-8/h3-6H,2,7H2,1H3,(H3,15,16,17). The molecule has 6 heteroatoms. The van der Waals surface area contributed by atoms with Gasteiger partial charge >= 0.3 is 0 Å². The Labute approximate surface area is 115 Å². The van der Waals surface area contributed by atoms with Crippen molar-refractivity contribution in [2.24, 2.45) is 0 Å². The van der Waals surface area contributed by atoms with Crippen LogP contribution in [0, 0.1) is 0 Å². The van der Waals surface area contributed by atoms with Gasteiger partial charge in [-0.3, -0.25) is 5.10 Å². The van der Waals surface area contributed by atoms with Gasteiger partial charge in [0.25, 0.3) is 0 Å². The topological polar surface area (TPSA) is 72.5 Å². The second kappa shape index (κ2) is 4.59. The highest BCUT2D eigenvalue weighted by atomic mass is 35.5. The summed E-state index contributed by atoms with van der Waals surface area (Å²) in [6.45, 7) is 2.68. The van der Waals surface area contributed by atoms with Crippen molar-refractivity contribution in [3.05, 3.63) is 40.5 Å². The lowest BCUT2D eigenvalue weighted by Crippen LogP contribution is -2.03. The number of nitrogens with one attached hydrogen (secondary N) is 1. The van der Waals surface area contributed by atoms with Crippen molar-refractivity contribution in [2.45, 2.75) is 19.9 Å². The average Bonchev–Trinajstić information content (AvgIpc) is 2.92. The summed E-state index contributed by atoms with van der Waals surface area (Å²) in [7, 11) is 0. The molecule has 98 valence electrons. The molecule has 5 nitrogen and oxygen atoms in total. The molecule has 2 aromatic heterocycles. The predicted octanol–water partition coefficient (Wildman–Crippen LogP) is 2.61. The van der Waals surface area contributed by atoms with Crippen LogP contribution in [0.3, 0.4) is 0 Å². The summed E-state index contributed by atoms with van der Waals surface area (Å²) < 4.78 is 1.85. The highest BCUT2D eigenvalue weighted by Gasteiger charge is 2.15. The normalized spacial score (nSPS) is 11.3. The second-order valence-electron chi connectivity index (χ2n) is 4.42. The Balaban J connectivity index is 2.06. The minimum atomic E-state index is 0.573. The van der Waals surface area contributed by atoms with Gasteiger partial charge in [-0.15, -0.1) is 0 Å². The number of H-pyrrole nitrogens is 1. The molecule has 0 atom stereocenters. The summed E-state index contributed by atoms with van der Waals surface area (Å²) in [5, 5.41) is 13.2. The quantitative estimate of drug-likeness (QED) is 0.772. The number of anilines is 1. The third-order valence-corrected chi connectivity index (χ3v) is 3.34. The summed E-state index contributed by atoms with van der Waals surface area (Å²) in [6.07, 6.45) is 0.822. The maximum Gasteiger partial charge on any atom is 0.182 e. The summed E-state index contributed by atoms with van der Waals surface area (Å²) in [5.74, 6) is 0.573. The predicted molar refractivity (Wildman–Crippen MR) is 76.2 cm³/mol. The largest absolute Gasteiger partial charge is 0.383 e. The summed E-state index contributed by atoms with van der Waals surface area (Å²) >= 11 is 5.99. The van der Waals surface area contributed by atoms with Crippen LogP contribution in [-0.4, -0.2) is 20.0 Å². The summed E-state index contributed by atoms with van der Waals surface area (Å²) in [4.78, 5) is 0. The van der Waals surface area contributed by atoms with Crippen molar-refractivity contribution in [3.63, 3.8) is 0 Å². The van der Waals surface area contributed by atoms with Crippen LogP contribution in [-0.2, 0) is 13.0 Å². The number of hydrogen-bond acceptors (Lipinski definition) is 3. The number of aromatic amines is 1. The molecule has 0 radical (unpaired) electrons. The second-order valence-corrected chi connectivity index (χ2v) is 4.86. The molecule has 0 bridgehead atoms. The number of nitrogens with zero attached hydrogens (tertiary/aromatic N) is 3. The molecule has 0 amide bonds. The first-order chi connectivity index (χ1) is 9.19. The molecule has 0 saturated heterocycles. The number of aryl methyl sites for hydroxylation is 1. The molecule has 0 aliphatic rings. The highest BCUT2D eigenvalue weighted by molar-refractivity contribution is 6.30. The Hall–Kier alpha value is -2.01. The van der Waals surface area contributed by atoms with Crippen molar-refractivity contribution in [3.8, 4) is 0 Å². The molecular formula is C13H14ClN5. The fourth-order valence-electron chi connectivity index (χ4n) is 2.23. The zero-order chi connectivity index (χ0) is 13.4. The Morgan fingerprint density at radius 1 is 1.42 bits per heavy atom. The molecule has 3 aromatic rings. The molecule has 0 fully saturated rings. The van der Waals surface area contributed by atoms with E-state index < -0.39 is 0 Å². The van der Waals surface area contributed by atoms with Crippen LogP contribution in [0.15, 0.2) is 24.3 Å². The molecule has 0 spiro atoms. The van der Waals surface area contributed by atoms with Crippen LogP contribution in [0.1, 0.15) is 18.2 Å². The Morgan fingerprint density at radius 2 is 2.26 bits per heavy atom. The molecule has 0 unspecified atom stereocenters. The first-order valence-electron chi connectivity index (χ1n) is 6.12. The number of rotatable bonds is 3. The Kier molecular flexibility index (Phi) is 2.91. The van der Waals surface area contributed by atoms with Crippen LogP contribution < -0.4 is 5.73 Å². The third-order valence-electron chi connectivity index (χ3n) is 3.11. The van der Waals surface area contributed by atoms with Crippen molar-refractivity contribution in [1.82, 2.24) is 20.0 Å². The van der Waals surface area contributed by atoms with Gasteiger partial charge in [-0.25, -0.2) is 4.68 Å². The zero-order valence-electron chi connectivity index (χ0n) is 10.5. The number of nitrogen functional groups attached to an aromatic ring is 1. The van der Waals surface area contributed by atoms with E-state index in [-0.39, 0.29) is 0 Å². The van der Waals surface area contributed by atoms with E-state index in [0.717, 1.165) is 33.7 Å². The minimum Gasteiger partial charge on any atom is -0.383 e. The van der Waals surface area contributed by atoms with Crippen molar-refractivity contribution in [1.29, 1.82) is 0 Å². The molecule has 19 heavy (non-hydrogen) atoms. The van der Waals surface area contributed by atoms with Gasteiger partial charge in [0.1, 0.15) is 5.82 Å². The fourth-order valence-corrected chi connectivity index (χ4v) is 2.44. The number of hydrogen-bond donors (Lipinski definition) is 2. The van der Waals surface area contributed by atoms with Gasteiger partial charge in [0.15, 0.2) is 5.65 Å². The first kappa shape index (κ1) is 12.0. The number of nitrogens with two attached hydrogens (primary N) is 1. The number of benzene rings is 1. The number of aromatic nitrogens is 4. The summed E-state index contributed by atoms with van der Waals surface area (Å²) in [6, 6.07) is 7.73. The van der Waals surface area contributed by atoms with Gasteiger partial charge in [0.05, 0.1) is 17.6 Å². The maximum atomic E-state index is 5.99. The zero-order valence-corrected chi connectivity index (χ0v) is 11.3. The fraction of sp³-hybridized carbons (Fsp3) is 0.231. The van der Waals surface area contributed by atoms with E-state index in [9.17, 15) is 0 Å². The third kappa shape index (κ3) is 2.06. The number of fused-ring (bicyclic) bond motifs is 1. The highest BCUT2D eigenvalue weighted by Crippen LogP contribution is 2.23. The maximum absolute atomic E-state index is 5.99. The molecule has 2 heterocycles. The van der Waals surface area contributed by atoms with Crippen LogP contribution in [0.4, 0.5) is 5.82 Å². The van der Waals surface area contributed by atoms with E-state index in [4.69, 9.17) is 17.3 Å². The molecule has 0 aliphatic heterocycles. The van der Waals surface area contributed by atoms with E-state index in [1.54, 1.807) is 0 Å². The van der Waals surface area contributed by atoms with E-state index >= 15 is 0 Å². The smallest absolute Gasteiger partial charge is 0.182 e. The van der Waals surface area contributed by atoms with Crippen LogP contribution in [0.5, 0.6) is 0 Å². The van der Waals surface area contributed by atoms with Crippen LogP contribution in [0.2, 0.25) is 5.02 Å². The molecule has 0 saturated carbocycles. The van der Waals surface area contributed by atoms with Gasteiger partial charge in [0.2, 0.25) is 0 Å². The van der Waals surface area contributed by atoms with Crippen molar-refractivity contribution in [2.75, 3.05) is 5.73 Å².